The van der Waals surface area contributed by atoms with Crippen LogP contribution in [0.5, 0.6) is 0 Å². The zero-order valence-corrected chi connectivity index (χ0v) is 13.3. The van der Waals surface area contributed by atoms with E-state index in [0.29, 0.717) is 0 Å². The van der Waals surface area contributed by atoms with Gasteiger partial charge in [-0.15, -0.1) is 0 Å². The van der Waals surface area contributed by atoms with Crippen molar-refractivity contribution in [3.05, 3.63) is 108 Å². The molecule has 2 rings (SSSR count). The third kappa shape index (κ3) is 4.20. The van der Waals surface area contributed by atoms with Crippen molar-refractivity contribution in [2.24, 2.45) is 0 Å². The van der Waals surface area contributed by atoms with Crippen LogP contribution in [0.4, 0.5) is 0 Å². The van der Waals surface area contributed by atoms with Crippen LogP contribution < -0.4 is 0 Å². The van der Waals surface area contributed by atoms with E-state index in [1.165, 1.54) is 22.3 Å². The Morgan fingerprint density at radius 3 is 2.23 bits per heavy atom. The molecule has 22 heavy (non-hydrogen) atoms. The highest BCUT2D eigenvalue weighted by Crippen LogP contribution is 2.27. The second-order valence-corrected chi connectivity index (χ2v) is 5.19. The molecule has 0 radical (unpaired) electrons. The van der Waals surface area contributed by atoms with E-state index in [0.717, 1.165) is 5.57 Å². The molecule has 0 bridgehead atoms. The first kappa shape index (κ1) is 15.8. The number of aryl methyl sites for hydroxylation is 1. The Balaban J connectivity index is 2.57. The molecule has 0 heteroatoms. The van der Waals surface area contributed by atoms with E-state index in [9.17, 15) is 0 Å². The lowest BCUT2D eigenvalue weighted by atomic mass is 9.94. The van der Waals surface area contributed by atoms with Gasteiger partial charge < -0.3 is 0 Å². The van der Waals surface area contributed by atoms with Crippen LogP contribution in [-0.2, 0) is 0 Å². The fourth-order valence-corrected chi connectivity index (χ4v) is 2.32. The van der Waals surface area contributed by atoms with E-state index in [4.69, 9.17) is 0 Å². The highest BCUT2D eigenvalue weighted by Gasteiger charge is 2.05. The molecule has 110 valence electrons. The Morgan fingerprint density at radius 2 is 1.64 bits per heavy atom. The van der Waals surface area contributed by atoms with Gasteiger partial charge >= 0.3 is 0 Å². The first-order chi connectivity index (χ1) is 10.7. The third-order valence-corrected chi connectivity index (χ3v) is 3.43. The molecular weight excluding hydrogens is 264 g/mol. The van der Waals surface area contributed by atoms with Crippen molar-refractivity contribution in [2.75, 3.05) is 0 Å². The lowest BCUT2D eigenvalue weighted by Gasteiger charge is -2.10. The van der Waals surface area contributed by atoms with E-state index in [2.05, 4.69) is 80.3 Å². The van der Waals surface area contributed by atoms with Crippen molar-refractivity contribution in [2.45, 2.75) is 13.8 Å². The minimum absolute atomic E-state index is 1.16. The van der Waals surface area contributed by atoms with Crippen LogP contribution in [0.15, 0.2) is 91.1 Å². The second kappa shape index (κ2) is 7.99. The summed E-state index contributed by atoms with van der Waals surface area (Å²) in [6.45, 7) is 7.98. The Morgan fingerprint density at radius 1 is 0.955 bits per heavy atom. The number of benzene rings is 2. The Bertz CT molecular complexity index is 695. The van der Waals surface area contributed by atoms with Crippen molar-refractivity contribution in [1.82, 2.24) is 0 Å². The van der Waals surface area contributed by atoms with E-state index >= 15 is 0 Å². The summed E-state index contributed by atoms with van der Waals surface area (Å²) < 4.78 is 0. The van der Waals surface area contributed by atoms with Crippen LogP contribution in [0.25, 0.3) is 11.6 Å². The predicted molar refractivity (Wildman–Crippen MR) is 98.6 cm³/mol. The van der Waals surface area contributed by atoms with Gasteiger partial charge in [-0.3, -0.25) is 0 Å². The van der Waals surface area contributed by atoms with Gasteiger partial charge in [-0.1, -0.05) is 91.0 Å². The summed E-state index contributed by atoms with van der Waals surface area (Å²) in [5, 5.41) is 0. The smallest absolute Gasteiger partial charge is 0.0106 e. The van der Waals surface area contributed by atoms with Gasteiger partial charge in [0.1, 0.15) is 0 Å². The van der Waals surface area contributed by atoms with Crippen LogP contribution in [0, 0.1) is 6.92 Å². The average molecular weight is 286 g/mol. The number of allylic oxidation sites excluding steroid dienone is 6. The molecule has 0 amide bonds. The van der Waals surface area contributed by atoms with Gasteiger partial charge in [0, 0.05) is 0 Å². The Hall–Kier alpha value is -2.60. The predicted octanol–water partition coefficient (Wildman–Crippen LogP) is 6.22. The second-order valence-electron chi connectivity index (χ2n) is 5.19. The molecule has 0 fully saturated rings. The lowest BCUT2D eigenvalue weighted by molar-refractivity contribution is 1.46. The number of hydrogen-bond acceptors (Lipinski definition) is 0. The van der Waals surface area contributed by atoms with Crippen molar-refractivity contribution in [3.8, 4) is 0 Å². The molecule has 0 atom stereocenters. The minimum atomic E-state index is 1.16. The molecule has 0 nitrogen and oxygen atoms in total. The maximum absolute atomic E-state index is 3.84. The van der Waals surface area contributed by atoms with E-state index in [-0.39, 0.29) is 0 Å². The summed E-state index contributed by atoms with van der Waals surface area (Å²) in [5.41, 5.74) is 6.03. The normalized spacial score (nSPS) is 12.6. The molecule has 0 aliphatic heterocycles. The maximum Gasteiger partial charge on any atom is -0.0106 e. The van der Waals surface area contributed by atoms with Crippen LogP contribution in [0.3, 0.4) is 0 Å². The van der Waals surface area contributed by atoms with Crippen LogP contribution >= 0.6 is 0 Å². The highest BCUT2D eigenvalue weighted by atomic mass is 14.1. The number of hydrogen-bond donors (Lipinski definition) is 0. The summed E-state index contributed by atoms with van der Waals surface area (Å²) in [6.07, 6.45) is 10.3. The molecule has 0 saturated carbocycles. The molecular formula is C22H22. The molecule has 2 aromatic carbocycles. The molecule has 0 spiro atoms. The van der Waals surface area contributed by atoms with Crippen molar-refractivity contribution >= 4 is 11.6 Å². The SMILES string of the molecule is C=C/C=C(\C=C/C)C(=C\c1ccc(C)cc1)/c1ccccc1. The standard InChI is InChI=1S/C22H22/c1-4-9-20(10-5-2)22(21-11-7-6-8-12-21)17-19-15-13-18(3)14-16-19/h4-17H,1H2,2-3H3/b10-5-,20-9+,22-17+. The van der Waals surface area contributed by atoms with Gasteiger partial charge in [0.15, 0.2) is 0 Å². The monoisotopic (exact) mass is 286 g/mol. The van der Waals surface area contributed by atoms with Gasteiger partial charge in [-0.2, -0.15) is 0 Å². The molecule has 0 aliphatic carbocycles. The fourth-order valence-electron chi connectivity index (χ4n) is 2.32. The van der Waals surface area contributed by atoms with Crippen molar-refractivity contribution < 1.29 is 0 Å². The van der Waals surface area contributed by atoms with Crippen LogP contribution in [0.1, 0.15) is 23.6 Å². The molecule has 0 heterocycles. The van der Waals surface area contributed by atoms with Gasteiger partial charge in [0.05, 0.1) is 0 Å². The topological polar surface area (TPSA) is 0 Å². The summed E-state index contributed by atoms with van der Waals surface area (Å²) in [4.78, 5) is 0. The number of rotatable bonds is 5. The molecule has 0 saturated heterocycles. The summed E-state index contributed by atoms with van der Waals surface area (Å²) in [5.74, 6) is 0. The van der Waals surface area contributed by atoms with Crippen molar-refractivity contribution in [1.29, 1.82) is 0 Å². The third-order valence-electron chi connectivity index (χ3n) is 3.43. The molecule has 2 aromatic rings. The highest BCUT2D eigenvalue weighted by molar-refractivity contribution is 5.93. The lowest BCUT2D eigenvalue weighted by Crippen LogP contribution is -1.88. The van der Waals surface area contributed by atoms with E-state index in [1.807, 2.05) is 25.1 Å². The van der Waals surface area contributed by atoms with Crippen LogP contribution in [0.2, 0.25) is 0 Å². The Labute approximate surface area is 133 Å². The zero-order chi connectivity index (χ0) is 15.8. The first-order valence-corrected chi connectivity index (χ1v) is 7.54. The average Bonchev–Trinajstić information content (AvgIpc) is 2.55. The first-order valence-electron chi connectivity index (χ1n) is 7.54. The molecule has 0 aromatic heterocycles. The largest absolute Gasteiger partial charge is 0.0990 e. The van der Waals surface area contributed by atoms with Gasteiger partial charge in [0.2, 0.25) is 0 Å². The van der Waals surface area contributed by atoms with E-state index in [1.54, 1.807) is 0 Å². The summed E-state index contributed by atoms with van der Waals surface area (Å²) >= 11 is 0. The van der Waals surface area contributed by atoms with Crippen LogP contribution in [-0.4, -0.2) is 0 Å². The van der Waals surface area contributed by atoms with E-state index < -0.39 is 0 Å². The van der Waals surface area contributed by atoms with Crippen molar-refractivity contribution in [3.63, 3.8) is 0 Å². The molecule has 0 N–H and O–H groups in total. The zero-order valence-electron chi connectivity index (χ0n) is 13.3. The molecule has 0 unspecified atom stereocenters. The van der Waals surface area contributed by atoms with Gasteiger partial charge in [-0.05, 0) is 42.2 Å². The molecule has 0 aliphatic rings. The summed E-state index contributed by atoms with van der Waals surface area (Å²) in [7, 11) is 0. The Kier molecular flexibility index (Phi) is 5.73. The summed E-state index contributed by atoms with van der Waals surface area (Å²) in [6, 6.07) is 19.0. The van der Waals surface area contributed by atoms with Gasteiger partial charge in [0.25, 0.3) is 0 Å². The maximum atomic E-state index is 3.84. The minimum Gasteiger partial charge on any atom is -0.0990 e. The fraction of sp³-hybridized carbons (Fsp3) is 0.0909. The quantitative estimate of drug-likeness (QED) is 0.452. The van der Waals surface area contributed by atoms with Gasteiger partial charge in [-0.25, -0.2) is 0 Å².